The number of benzene rings is 1. The van der Waals surface area contributed by atoms with E-state index >= 15 is 0 Å². The highest BCUT2D eigenvalue weighted by atomic mass is 32.2. The van der Waals surface area contributed by atoms with Crippen LogP contribution in [0.1, 0.15) is 0 Å². The number of nitrogens with two attached hydrogens (primary N) is 1. The Kier molecular flexibility index (Phi) is 2.49. The number of hydrogen-bond acceptors (Lipinski definition) is 6. The molecule has 16 heavy (non-hydrogen) atoms. The number of fused-ring (bicyclic) bond motifs is 1. The highest BCUT2D eigenvalue weighted by Gasteiger charge is 2.20. The summed E-state index contributed by atoms with van der Waals surface area (Å²) < 4.78 is 36.7. The zero-order valence-corrected chi connectivity index (χ0v) is 9.80. The summed E-state index contributed by atoms with van der Waals surface area (Å²) in [6.07, 6.45) is 0. The first kappa shape index (κ1) is 11.1. The summed E-state index contributed by atoms with van der Waals surface area (Å²) in [4.78, 5) is 3.70. The van der Waals surface area contributed by atoms with Crippen molar-refractivity contribution in [2.45, 2.75) is 4.90 Å². The van der Waals surface area contributed by atoms with Gasteiger partial charge in [-0.05, 0) is 12.1 Å². The molecule has 0 aliphatic rings. The number of aromatic nitrogens is 1. The molecule has 1 aromatic heterocycles. The van der Waals surface area contributed by atoms with Crippen molar-refractivity contribution in [1.82, 2.24) is 4.98 Å². The second kappa shape index (κ2) is 3.58. The molecule has 2 aromatic rings. The van der Waals surface area contributed by atoms with Crippen LogP contribution < -0.4 is 10.5 Å². The summed E-state index contributed by atoms with van der Waals surface area (Å²) in [5.41, 5.74) is 6.05. The Morgan fingerprint density at radius 2 is 2.19 bits per heavy atom. The maximum atomic E-state index is 11.1. The van der Waals surface area contributed by atoms with Gasteiger partial charge in [0.1, 0.15) is 4.90 Å². The van der Waals surface area contributed by atoms with Crippen LogP contribution in [-0.2, 0) is 10.1 Å². The number of hydrogen-bond donors (Lipinski definition) is 2. The molecule has 6 nitrogen and oxygen atoms in total. The molecule has 86 valence electrons. The molecule has 0 spiro atoms. The van der Waals surface area contributed by atoms with Gasteiger partial charge in [-0.25, -0.2) is 4.98 Å². The highest BCUT2D eigenvalue weighted by Crippen LogP contribution is 2.37. The van der Waals surface area contributed by atoms with Crippen LogP contribution in [0.25, 0.3) is 10.2 Å². The topological polar surface area (TPSA) is 103 Å². The second-order valence-electron chi connectivity index (χ2n) is 2.97. The first-order chi connectivity index (χ1) is 7.43. The van der Waals surface area contributed by atoms with Crippen LogP contribution in [0.15, 0.2) is 17.0 Å². The second-order valence-corrected chi connectivity index (χ2v) is 5.39. The van der Waals surface area contributed by atoms with E-state index in [1.807, 2.05) is 0 Å². The van der Waals surface area contributed by atoms with Crippen LogP contribution in [0.3, 0.4) is 0 Å². The summed E-state index contributed by atoms with van der Waals surface area (Å²) in [7, 11) is -3.00. The molecule has 1 aromatic carbocycles. The molecule has 0 saturated heterocycles. The predicted octanol–water partition coefficient (Wildman–Crippen LogP) is 1.13. The number of nitrogen functional groups attached to an aromatic ring is 1. The van der Waals surface area contributed by atoms with Crippen LogP contribution in [0.4, 0.5) is 5.13 Å². The lowest BCUT2D eigenvalue weighted by atomic mass is 10.3. The lowest BCUT2D eigenvalue weighted by Crippen LogP contribution is -2.01. The molecule has 0 aliphatic heterocycles. The number of ether oxygens (including phenoxy) is 1. The molecule has 0 bridgehead atoms. The molecule has 0 radical (unpaired) electrons. The molecule has 0 aliphatic carbocycles. The quantitative estimate of drug-likeness (QED) is 0.785. The van der Waals surface area contributed by atoms with Gasteiger partial charge in [0.05, 0.1) is 17.3 Å². The summed E-state index contributed by atoms with van der Waals surface area (Å²) in [5, 5.41) is 0.306. The fourth-order valence-corrected chi connectivity index (χ4v) is 2.95. The molecule has 1 heterocycles. The average Bonchev–Trinajstić information content (AvgIpc) is 2.54. The van der Waals surface area contributed by atoms with Crippen molar-refractivity contribution in [2.24, 2.45) is 0 Å². The van der Waals surface area contributed by atoms with E-state index in [1.54, 1.807) is 0 Å². The van der Waals surface area contributed by atoms with Crippen LogP contribution >= 0.6 is 11.3 Å². The van der Waals surface area contributed by atoms with Gasteiger partial charge in [0.25, 0.3) is 10.1 Å². The summed E-state index contributed by atoms with van der Waals surface area (Å²) >= 11 is 1.10. The van der Waals surface area contributed by atoms with Crippen molar-refractivity contribution < 1.29 is 17.7 Å². The largest absolute Gasteiger partial charge is 0.494 e. The minimum atomic E-state index is -4.31. The van der Waals surface area contributed by atoms with Gasteiger partial charge in [-0.15, -0.1) is 0 Å². The van der Waals surface area contributed by atoms with Gasteiger partial charge in [0.15, 0.2) is 10.9 Å². The van der Waals surface area contributed by atoms with E-state index < -0.39 is 10.1 Å². The third-order valence-electron chi connectivity index (χ3n) is 1.97. The van der Waals surface area contributed by atoms with Gasteiger partial charge in [-0.2, -0.15) is 8.42 Å². The van der Waals surface area contributed by atoms with Crippen molar-refractivity contribution in [3.8, 4) is 5.75 Å². The van der Waals surface area contributed by atoms with Gasteiger partial charge >= 0.3 is 0 Å². The van der Waals surface area contributed by atoms with Gasteiger partial charge in [-0.3, -0.25) is 4.55 Å². The Balaban J connectivity index is 2.88. The number of thiazole rings is 1. The van der Waals surface area contributed by atoms with Gasteiger partial charge in [0, 0.05) is 0 Å². The van der Waals surface area contributed by atoms with Crippen molar-refractivity contribution in [3.05, 3.63) is 12.1 Å². The summed E-state index contributed by atoms with van der Waals surface area (Å²) in [6.45, 7) is 0. The number of anilines is 1. The van der Waals surface area contributed by atoms with Crippen LogP contribution in [0.5, 0.6) is 5.75 Å². The fourth-order valence-electron chi connectivity index (χ4n) is 1.36. The minimum absolute atomic E-state index is 0.0641. The van der Waals surface area contributed by atoms with Crippen molar-refractivity contribution in [2.75, 3.05) is 12.8 Å². The summed E-state index contributed by atoms with van der Waals surface area (Å²) in [5.74, 6) is 0.0641. The van der Waals surface area contributed by atoms with E-state index in [2.05, 4.69) is 4.98 Å². The zero-order valence-electron chi connectivity index (χ0n) is 8.17. The molecule has 0 fully saturated rings. The average molecular weight is 260 g/mol. The Hall–Kier alpha value is -1.38. The zero-order chi connectivity index (χ0) is 11.9. The normalized spacial score (nSPS) is 11.9. The van der Waals surface area contributed by atoms with Gasteiger partial charge < -0.3 is 10.5 Å². The number of rotatable bonds is 2. The highest BCUT2D eigenvalue weighted by molar-refractivity contribution is 7.86. The third kappa shape index (κ3) is 1.70. The number of methoxy groups -OCH3 is 1. The fraction of sp³-hybridized carbons (Fsp3) is 0.125. The molecule has 0 unspecified atom stereocenters. The van der Waals surface area contributed by atoms with E-state index in [0.29, 0.717) is 15.3 Å². The van der Waals surface area contributed by atoms with E-state index in [1.165, 1.54) is 19.2 Å². The van der Waals surface area contributed by atoms with Crippen LogP contribution in [-0.4, -0.2) is 25.1 Å². The third-order valence-corrected chi connectivity index (χ3v) is 3.75. The molecular weight excluding hydrogens is 252 g/mol. The maximum Gasteiger partial charge on any atom is 0.298 e. The minimum Gasteiger partial charge on any atom is -0.494 e. The van der Waals surface area contributed by atoms with Gasteiger partial charge in [0.2, 0.25) is 0 Å². The van der Waals surface area contributed by atoms with Crippen molar-refractivity contribution >= 4 is 36.8 Å². The van der Waals surface area contributed by atoms with Crippen LogP contribution in [0.2, 0.25) is 0 Å². The van der Waals surface area contributed by atoms with E-state index in [9.17, 15) is 8.42 Å². The molecule has 8 heteroatoms. The smallest absolute Gasteiger partial charge is 0.298 e. The molecule has 0 saturated carbocycles. The molecule has 3 N–H and O–H groups in total. The molecule has 0 amide bonds. The van der Waals surface area contributed by atoms with E-state index in [0.717, 1.165) is 11.3 Å². The first-order valence-corrected chi connectivity index (χ1v) is 6.39. The molecular formula is C8H8N2O4S2. The summed E-state index contributed by atoms with van der Waals surface area (Å²) in [6, 6.07) is 2.70. The van der Waals surface area contributed by atoms with E-state index in [4.69, 9.17) is 15.0 Å². The molecule has 2 rings (SSSR count). The van der Waals surface area contributed by atoms with E-state index in [-0.39, 0.29) is 10.6 Å². The number of nitrogens with zero attached hydrogens (tertiary/aromatic N) is 1. The SMILES string of the molecule is COc1c(S(=O)(=O)O)ccc2nc(N)sc12. The van der Waals surface area contributed by atoms with Crippen LogP contribution in [0, 0.1) is 0 Å². The standard InChI is InChI=1S/C8H8N2O4S2/c1-14-6-5(16(11,12)13)3-2-4-7(6)15-8(9)10-4/h2-3H,1H3,(H2,9,10)(H,11,12,13). The lowest BCUT2D eigenvalue weighted by Gasteiger charge is -2.05. The monoisotopic (exact) mass is 260 g/mol. The Morgan fingerprint density at radius 3 is 2.75 bits per heavy atom. The Labute approximate surface area is 95.4 Å². The Morgan fingerprint density at radius 1 is 1.50 bits per heavy atom. The Bertz CT molecular complexity index is 647. The predicted molar refractivity (Wildman–Crippen MR) is 60.4 cm³/mol. The van der Waals surface area contributed by atoms with Crippen molar-refractivity contribution in [3.63, 3.8) is 0 Å². The van der Waals surface area contributed by atoms with Crippen molar-refractivity contribution in [1.29, 1.82) is 0 Å². The molecule has 0 atom stereocenters. The maximum absolute atomic E-state index is 11.1. The lowest BCUT2D eigenvalue weighted by molar-refractivity contribution is 0.403. The first-order valence-electron chi connectivity index (χ1n) is 4.14. The van der Waals surface area contributed by atoms with Gasteiger partial charge in [-0.1, -0.05) is 11.3 Å².